The van der Waals surface area contributed by atoms with Gasteiger partial charge in [-0.05, 0) is 29.7 Å². The van der Waals surface area contributed by atoms with Crippen LogP contribution in [0.5, 0.6) is 0 Å². The van der Waals surface area contributed by atoms with Crippen LogP contribution in [0.1, 0.15) is 29.5 Å². The van der Waals surface area contributed by atoms with E-state index < -0.39 is 41.7 Å². The summed E-state index contributed by atoms with van der Waals surface area (Å²) in [7, 11) is 1.47. The van der Waals surface area contributed by atoms with Gasteiger partial charge in [-0.15, -0.1) is 0 Å². The second-order valence-electron chi connectivity index (χ2n) is 10.1. The van der Waals surface area contributed by atoms with Crippen molar-refractivity contribution >= 4 is 30.6 Å². The number of benzene rings is 3. The van der Waals surface area contributed by atoms with Crippen LogP contribution in [0.25, 0.3) is 6.08 Å². The lowest BCUT2D eigenvalue weighted by atomic mass is 9.88. The van der Waals surface area contributed by atoms with Crippen LogP contribution >= 0.6 is 0 Å². The molecule has 1 saturated heterocycles. The molecule has 0 saturated carbocycles. The average molecular weight is 624 g/mol. The monoisotopic (exact) mass is 623 g/mol. The summed E-state index contributed by atoms with van der Waals surface area (Å²) in [5.41, 5.74) is 0.222. The first-order chi connectivity index (χ1) is 21.7. The van der Waals surface area contributed by atoms with Crippen LogP contribution < -0.4 is 5.32 Å². The van der Waals surface area contributed by atoms with Gasteiger partial charge in [0.25, 0.3) is 0 Å². The number of β-lactam (4-membered cyclic amide) rings is 1. The minimum atomic E-state index is -4.53. The van der Waals surface area contributed by atoms with Crippen LogP contribution in [-0.2, 0) is 36.6 Å². The van der Waals surface area contributed by atoms with Crippen molar-refractivity contribution in [1.29, 1.82) is 0 Å². The molecule has 3 aromatic rings. The van der Waals surface area contributed by atoms with E-state index in [9.17, 15) is 32.3 Å². The molecule has 45 heavy (non-hydrogen) atoms. The second kappa shape index (κ2) is 17.5. The number of amides is 3. The normalized spacial score (nSPS) is 16.6. The number of carbonyl (C=O) groups excluding carboxylic acids is 4. The van der Waals surface area contributed by atoms with Crippen LogP contribution in [0.4, 0.5) is 13.2 Å². The second-order valence-corrected chi connectivity index (χ2v) is 10.1. The lowest BCUT2D eigenvalue weighted by molar-refractivity contribution is -0.166. The number of halogens is 3. The molecule has 0 spiro atoms. The van der Waals surface area contributed by atoms with Gasteiger partial charge in [0.15, 0.2) is 0 Å². The van der Waals surface area contributed by atoms with Crippen LogP contribution in [0.2, 0.25) is 0 Å². The third-order valence-electron chi connectivity index (χ3n) is 7.07. The van der Waals surface area contributed by atoms with E-state index >= 15 is 0 Å². The number of carbonyl (C=O) groups is 4. The molecular formula is C34H36F3N3O5. The highest BCUT2D eigenvalue weighted by Gasteiger charge is 2.53. The number of ether oxygens (including phenoxy) is 1. The first kappa shape index (κ1) is 34.7. The van der Waals surface area contributed by atoms with Crippen LogP contribution in [0, 0.1) is 0 Å². The molecule has 0 aliphatic carbocycles. The molecule has 8 nitrogen and oxygen atoms in total. The Morgan fingerprint density at radius 1 is 1.00 bits per heavy atom. The minimum absolute atomic E-state index is 0.00518. The SMILES string of the molecule is COCCN(C=O)C1C(=O)N([C@@H](CCC=O)C(=O)NCc2cccc(C(F)(F)F)c2)C1/C=C/c1ccccc1.c1ccccc1. The molecule has 11 heteroatoms. The molecule has 1 heterocycles. The number of hydrogen-bond donors (Lipinski definition) is 1. The smallest absolute Gasteiger partial charge is 0.383 e. The number of methoxy groups -OCH3 is 1. The Bertz CT molecular complexity index is 1380. The Morgan fingerprint density at radius 3 is 2.22 bits per heavy atom. The molecule has 1 N–H and O–H groups in total. The van der Waals surface area contributed by atoms with E-state index in [2.05, 4.69) is 5.32 Å². The van der Waals surface area contributed by atoms with Crippen molar-refractivity contribution in [3.8, 4) is 0 Å². The van der Waals surface area contributed by atoms with Gasteiger partial charge in [0.05, 0.1) is 18.2 Å². The fourth-order valence-electron chi connectivity index (χ4n) is 4.81. The summed E-state index contributed by atoms with van der Waals surface area (Å²) in [5.74, 6) is -1.10. The van der Waals surface area contributed by atoms with Gasteiger partial charge in [0, 0.05) is 26.6 Å². The minimum Gasteiger partial charge on any atom is -0.383 e. The number of rotatable bonds is 14. The maximum atomic E-state index is 13.3. The third-order valence-corrected chi connectivity index (χ3v) is 7.07. The van der Waals surface area contributed by atoms with Crippen molar-refractivity contribution < 1.29 is 37.1 Å². The highest BCUT2D eigenvalue weighted by atomic mass is 19.4. The zero-order valence-electron chi connectivity index (χ0n) is 24.8. The standard InChI is InChI=1S/C28H30F3N3O5.C6H6/c1-39-16-14-33(19-36)25-23(13-12-20-7-3-2-4-8-20)34(27(25)38)24(11-6-15-35)26(37)32-18-21-9-5-10-22(17-21)28(29,30)31;1-2-4-6-5-3-1/h2-5,7-10,12-13,15,17,19,23-25H,6,11,14,16,18H2,1H3,(H,32,37);1-6H/b13-12+;/t23?,24-,25?;/m0./s1. The van der Waals surface area contributed by atoms with Crippen LogP contribution in [0.3, 0.4) is 0 Å². The Morgan fingerprint density at radius 2 is 1.64 bits per heavy atom. The van der Waals surface area contributed by atoms with Gasteiger partial charge < -0.3 is 24.6 Å². The summed E-state index contributed by atoms with van der Waals surface area (Å²) in [6, 6.07) is 23.2. The quantitative estimate of drug-likeness (QED) is 0.207. The predicted molar refractivity (Wildman–Crippen MR) is 163 cm³/mol. The lowest BCUT2D eigenvalue weighted by Crippen LogP contribution is -2.74. The van der Waals surface area contributed by atoms with Crippen LogP contribution in [0.15, 0.2) is 97.1 Å². The van der Waals surface area contributed by atoms with Crippen molar-refractivity contribution in [1.82, 2.24) is 15.1 Å². The molecule has 4 rings (SSSR count). The Balaban J connectivity index is 0.000000821. The number of aldehydes is 1. The molecule has 238 valence electrons. The van der Waals surface area contributed by atoms with Crippen molar-refractivity contribution in [2.24, 2.45) is 0 Å². The summed E-state index contributed by atoms with van der Waals surface area (Å²) in [6.45, 7) is 0.148. The van der Waals surface area contributed by atoms with E-state index in [-0.39, 0.29) is 38.1 Å². The summed E-state index contributed by atoms with van der Waals surface area (Å²) in [4.78, 5) is 52.2. The van der Waals surface area contributed by atoms with Gasteiger partial charge in [-0.2, -0.15) is 13.2 Å². The van der Waals surface area contributed by atoms with Gasteiger partial charge in [-0.1, -0.05) is 91.0 Å². The van der Waals surface area contributed by atoms with Crippen molar-refractivity contribution in [2.45, 2.75) is 43.7 Å². The fourth-order valence-corrected chi connectivity index (χ4v) is 4.81. The largest absolute Gasteiger partial charge is 0.416 e. The van der Waals surface area contributed by atoms with E-state index in [1.54, 1.807) is 12.2 Å². The highest BCUT2D eigenvalue weighted by Crippen LogP contribution is 2.31. The summed E-state index contributed by atoms with van der Waals surface area (Å²) in [6.07, 6.45) is 0.122. The van der Waals surface area contributed by atoms with E-state index in [1.165, 1.54) is 29.0 Å². The number of likely N-dealkylation sites (tertiary alicyclic amines) is 1. The molecule has 3 aromatic carbocycles. The molecule has 1 fully saturated rings. The first-order valence-corrected chi connectivity index (χ1v) is 14.3. The van der Waals surface area contributed by atoms with Gasteiger partial charge in [-0.3, -0.25) is 14.4 Å². The molecule has 3 atom stereocenters. The van der Waals surface area contributed by atoms with Gasteiger partial charge in [-0.25, -0.2) is 0 Å². The van der Waals surface area contributed by atoms with E-state index in [1.807, 2.05) is 66.7 Å². The van der Waals surface area contributed by atoms with E-state index in [4.69, 9.17) is 4.74 Å². The molecule has 0 radical (unpaired) electrons. The topological polar surface area (TPSA) is 96.0 Å². The van der Waals surface area contributed by atoms with Crippen molar-refractivity contribution in [3.05, 3.63) is 114 Å². The third kappa shape index (κ3) is 10.1. The highest BCUT2D eigenvalue weighted by molar-refractivity contribution is 5.97. The van der Waals surface area contributed by atoms with Gasteiger partial charge in [0.2, 0.25) is 18.2 Å². The summed E-state index contributed by atoms with van der Waals surface area (Å²) >= 11 is 0. The van der Waals surface area contributed by atoms with Gasteiger partial charge in [0.1, 0.15) is 18.4 Å². The summed E-state index contributed by atoms with van der Waals surface area (Å²) < 4.78 is 44.3. The van der Waals surface area contributed by atoms with E-state index in [0.717, 1.165) is 17.7 Å². The van der Waals surface area contributed by atoms with Gasteiger partial charge >= 0.3 is 6.18 Å². The Kier molecular flexibility index (Phi) is 13.5. The van der Waals surface area contributed by atoms with Crippen molar-refractivity contribution in [3.63, 3.8) is 0 Å². The fraction of sp³-hybridized carbons (Fsp3) is 0.294. The van der Waals surface area contributed by atoms with E-state index in [0.29, 0.717) is 12.7 Å². The molecule has 2 unspecified atom stereocenters. The maximum absolute atomic E-state index is 13.3. The Labute approximate surface area is 260 Å². The molecular weight excluding hydrogens is 587 g/mol. The number of alkyl halides is 3. The zero-order chi connectivity index (χ0) is 32.7. The van der Waals surface area contributed by atoms with Crippen LogP contribution in [-0.4, -0.2) is 72.7 Å². The average Bonchev–Trinajstić information content (AvgIpc) is 3.06. The number of hydrogen-bond acceptors (Lipinski definition) is 5. The maximum Gasteiger partial charge on any atom is 0.416 e. The first-order valence-electron chi connectivity index (χ1n) is 14.3. The number of nitrogens with one attached hydrogen (secondary N) is 1. The molecule has 0 aromatic heterocycles. The predicted octanol–water partition coefficient (Wildman–Crippen LogP) is 4.75. The Hall–Kier alpha value is -4.77. The summed E-state index contributed by atoms with van der Waals surface area (Å²) in [5, 5.41) is 2.60. The number of nitrogens with zero attached hydrogens (tertiary/aromatic N) is 2. The lowest BCUT2D eigenvalue weighted by Gasteiger charge is -2.52. The molecule has 1 aliphatic rings. The molecule has 1 aliphatic heterocycles. The molecule has 0 bridgehead atoms. The van der Waals surface area contributed by atoms with Crippen molar-refractivity contribution in [2.75, 3.05) is 20.3 Å². The molecule has 3 amide bonds. The zero-order valence-corrected chi connectivity index (χ0v) is 24.8.